The summed E-state index contributed by atoms with van der Waals surface area (Å²) in [4.78, 5) is 10.3. The molecule has 0 bridgehead atoms. The van der Waals surface area contributed by atoms with E-state index in [9.17, 15) is 9.90 Å². The SMILES string of the molecule is CCCCCCCC/C=C\CCCCCCCC(=O)O.N=C(N)NN=Cc1ccccc1O. The molecule has 0 amide bonds. The molecule has 1 rings (SSSR count). The normalized spacial score (nSPS) is 10.8. The molecule has 0 radical (unpaired) electrons. The standard InChI is InChI=1S/C18H34O2.C8H10N4O/c1-2-3-4-5-6-7-8-9-10-11-12-13-14-15-16-17-18(19)20;9-8(10)12-11-5-6-3-1-2-4-7(6)13/h9-10H,2-8,11-17H2,1H3,(H,19,20);1-5,13H,(H4,9,10,12)/b10-9-;. The summed E-state index contributed by atoms with van der Waals surface area (Å²) in [7, 11) is 0. The Morgan fingerprint density at radius 1 is 0.970 bits per heavy atom. The van der Waals surface area contributed by atoms with Gasteiger partial charge in [-0.15, -0.1) is 0 Å². The van der Waals surface area contributed by atoms with Crippen LogP contribution in [0.2, 0.25) is 0 Å². The molecule has 7 nitrogen and oxygen atoms in total. The summed E-state index contributed by atoms with van der Waals surface area (Å²) in [5, 5.41) is 28.2. The van der Waals surface area contributed by atoms with E-state index in [1.165, 1.54) is 76.8 Å². The van der Waals surface area contributed by atoms with Gasteiger partial charge in [-0.1, -0.05) is 82.6 Å². The number of hydrazone groups is 1. The van der Waals surface area contributed by atoms with Gasteiger partial charge in [-0.25, -0.2) is 5.43 Å². The molecule has 7 heteroatoms. The number of carboxylic acids is 1. The first-order valence-corrected chi connectivity index (χ1v) is 12.2. The Morgan fingerprint density at radius 2 is 1.52 bits per heavy atom. The summed E-state index contributed by atoms with van der Waals surface area (Å²) in [6, 6.07) is 6.73. The van der Waals surface area contributed by atoms with Gasteiger partial charge in [0.1, 0.15) is 5.75 Å². The number of phenolic OH excluding ortho intramolecular Hbond substituents is 1. The van der Waals surface area contributed by atoms with Crippen LogP contribution in [0.25, 0.3) is 0 Å². The lowest BCUT2D eigenvalue weighted by Gasteiger charge is -1.99. The van der Waals surface area contributed by atoms with Gasteiger partial charge in [0, 0.05) is 12.0 Å². The lowest BCUT2D eigenvalue weighted by Crippen LogP contribution is -2.25. The molecule has 0 fully saturated rings. The van der Waals surface area contributed by atoms with Crippen LogP contribution in [0.1, 0.15) is 102 Å². The maximum absolute atomic E-state index is 10.3. The van der Waals surface area contributed by atoms with E-state index in [-0.39, 0.29) is 11.7 Å². The number of aromatic hydroxyl groups is 1. The van der Waals surface area contributed by atoms with E-state index in [1.54, 1.807) is 24.3 Å². The van der Waals surface area contributed by atoms with Crippen molar-refractivity contribution in [3.63, 3.8) is 0 Å². The molecule has 0 saturated heterocycles. The Morgan fingerprint density at radius 3 is 2.06 bits per heavy atom. The van der Waals surface area contributed by atoms with E-state index in [4.69, 9.17) is 16.2 Å². The van der Waals surface area contributed by atoms with Gasteiger partial charge < -0.3 is 15.9 Å². The van der Waals surface area contributed by atoms with Gasteiger partial charge >= 0.3 is 5.97 Å². The van der Waals surface area contributed by atoms with Gasteiger partial charge in [0.25, 0.3) is 0 Å². The number of allylic oxidation sites excluding steroid dienone is 2. The second kappa shape index (κ2) is 22.4. The largest absolute Gasteiger partial charge is 0.507 e. The topological polar surface area (TPSA) is 132 Å². The number of carbonyl (C=O) groups is 1. The maximum atomic E-state index is 10.3. The molecule has 0 saturated carbocycles. The minimum absolute atomic E-state index is 0.136. The average molecular weight is 461 g/mol. The summed E-state index contributed by atoms with van der Waals surface area (Å²) >= 11 is 0. The number of phenols is 1. The highest BCUT2D eigenvalue weighted by Gasteiger charge is 1.96. The van der Waals surface area contributed by atoms with Crippen LogP contribution in [0.5, 0.6) is 5.75 Å². The lowest BCUT2D eigenvalue weighted by molar-refractivity contribution is -0.137. The quantitative estimate of drug-likeness (QED) is 0.0610. The van der Waals surface area contributed by atoms with E-state index in [2.05, 4.69) is 29.6 Å². The Kier molecular flexibility index (Phi) is 20.4. The fourth-order valence-electron chi connectivity index (χ4n) is 3.12. The molecule has 1 aromatic rings. The summed E-state index contributed by atoms with van der Waals surface area (Å²) in [6.45, 7) is 2.26. The number of guanidine groups is 1. The summed E-state index contributed by atoms with van der Waals surface area (Å²) in [5.74, 6) is -0.772. The third-order valence-electron chi connectivity index (χ3n) is 4.98. The first kappa shape index (κ1) is 30.2. The molecule has 0 aliphatic carbocycles. The predicted octanol–water partition coefficient (Wildman–Crippen LogP) is 6.32. The van der Waals surface area contributed by atoms with Crippen molar-refractivity contribution >= 4 is 18.1 Å². The summed E-state index contributed by atoms with van der Waals surface area (Å²) in [5.41, 5.74) is 7.80. The summed E-state index contributed by atoms with van der Waals surface area (Å²) < 4.78 is 0. The van der Waals surface area contributed by atoms with Gasteiger partial charge in [0.2, 0.25) is 5.96 Å². The zero-order valence-electron chi connectivity index (χ0n) is 20.3. The zero-order chi connectivity index (χ0) is 24.6. The number of nitrogens with two attached hydrogens (primary N) is 1. The second-order valence-electron chi connectivity index (χ2n) is 8.07. The van der Waals surface area contributed by atoms with Crippen molar-refractivity contribution in [2.45, 2.75) is 96.8 Å². The average Bonchev–Trinajstić information content (AvgIpc) is 2.78. The highest BCUT2D eigenvalue weighted by Crippen LogP contribution is 2.12. The van der Waals surface area contributed by atoms with Crippen molar-refractivity contribution < 1.29 is 15.0 Å². The third kappa shape index (κ3) is 22.2. The van der Waals surface area contributed by atoms with Crippen molar-refractivity contribution in [3.05, 3.63) is 42.0 Å². The Balaban J connectivity index is 0.000000676. The number of rotatable bonds is 17. The van der Waals surface area contributed by atoms with Gasteiger partial charge in [-0.05, 0) is 44.2 Å². The highest BCUT2D eigenvalue weighted by molar-refractivity contribution is 5.84. The molecule has 0 aromatic heterocycles. The fraction of sp³-hybridized carbons (Fsp3) is 0.577. The van der Waals surface area contributed by atoms with Crippen LogP contribution in [-0.4, -0.2) is 28.4 Å². The number of para-hydroxylation sites is 1. The molecular weight excluding hydrogens is 416 g/mol. The van der Waals surface area contributed by atoms with Gasteiger partial charge in [-0.2, -0.15) is 5.10 Å². The molecule has 0 aliphatic rings. The Labute approximate surface area is 199 Å². The molecule has 33 heavy (non-hydrogen) atoms. The first-order valence-electron chi connectivity index (χ1n) is 12.2. The van der Waals surface area contributed by atoms with E-state index in [0.29, 0.717) is 12.0 Å². The number of aliphatic carboxylic acids is 1. The zero-order valence-corrected chi connectivity index (χ0v) is 20.3. The molecule has 0 aliphatic heterocycles. The molecule has 0 heterocycles. The molecule has 0 atom stereocenters. The van der Waals surface area contributed by atoms with E-state index < -0.39 is 5.97 Å². The van der Waals surface area contributed by atoms with Crippen LogP contribution in [0.15, 0.2) is 41.5 Å². The Hall–Kier alpha value is -2.83. The van der Waals surface area contributed by atoms with Crippen LogP contribution in [0, 0.1) is 5.41 Å². The Bertz CT molecular complexity index is 690. The van der Waals surface area contributed by atoms with Gasteiger partial charge in [0.05, 0.1) is 6.21 Å². The number of nitrogens with zero attached hydrogens (tertiary/aromatic N) is 1. The van der Waals surface area contributed by atoms with E-state index in [1.807, 2.05) is 0 Å². The van der Waals surface area contributed by atoms with Crippen LogP contribution < -0.4 is 11.2 Å². The molecule has 6 N–H and O–H groups in total. The van der Waals surface area contributed by atoms with Crippen LogP contribution in [-0.2, 0) is 4.79 Å². The van der Waals surface area contributed by atoms with Crippen molar-refractivity contribution in [3.8, 4) is 5.75 Å². The molecule has 186 valence electrons. The smallest absolute Gasteiger partial charge is 0.303 e. The third-order valence-corrected chi connectivity index (χ3v) is 4.98. The minimum Gasteiger partial charge on any atom is -0.507 e. The molecular formula is C26H44N4O3. The molecule has 0 unspecified atom stereocenters. The van der Waals surface area contributed by atoms with Crippen LogP contribution in [0.4, 0.5) is 0 Å². The monoisotopic (exact) mass is 460 g/mol. The van der Waals surface area contributed by atoms with Crippen molar-refractivity contribution in [1.82, 2.24) is 5.43 Å². The van der Waals surface area contributed by atoms with Crippen LogP contribution >= 0.6 is 0 Å². The van der Waals surface area contributed by atoms with E-state index in [0.717, 1.165) is 12.8 Å². The number of hydrogen-bond acceptors (Lipinski definition) is 4. The molecule has 0 spiro atoms. The predicted molar refractivity (Wildman–Crippen MR) is 138 cm³/mol. The van der Waals surface area contributed by atoms with Gasteiger partial charge in [-0.3, -0.25) is 10.2 Å². The van der Waals surface area contributed by atoms with Crippen molar-refractivity contribution in [2.24, 2.45) is 10.8 Å². The maximum Gasteiger partial charge on any atom is 0.303 e. The van der Waals surface area contributed by atoms with E-state index >= 15 is 0 Å². The fourth-order valence-corrected chi connectivity index (χ4v) is 3.12. The highest BCUT2D eigenvalue weighted by atomic mass is 16.4. The van der Waals surface area contributed by atoms with Crippen molar-refractivity contribution in [1.29, 1.82) is 5.41 Å². The number of benzene rings is 1. The number of nitrogens with one attached hydrogen (secondary N) is 2. The first-order chi connectivity index (χ1) is 16.0. The number of hydrogen-bond donors (Lipinski definition) is 5. The summed E-state index contributed by atoms with van der Waals surface area (Å²) in [6.07, 6.45) is 22.6. The minimum atomic E-state index is -0.664. The number of unbranched alkanes of at least 4 members (excludes halogenated alkanes) is 11. The second-order valence-corrected chi connectivity index (χ2v) is 8.07. The van der Waals surface area contributed by atoms with Gasteiger partial charge in [0.15, 0.2) is 0 Å². The van der Waals surface area contributed by atoms with Crippen LogP contribution in [0.3, 0.4) is 0 Å². The molecule has 1 aromatic carbocycles. The number of carboxylic acid groups (broad SMARTS) is 1. The van der Waals surface area contributed by atoms with Crippen molar-refractivity contribution in [2.75, 3.05) is 0 Å². The lowest BCUT2D eigenvalue weighted by atomic mass is 10.1.